The van der Waals surface area contributed by atoms with E-state index in [2.05, 4.69) is 16.0 Å². The molecule has 0 aliphatic carbocycles. The molecule has 188 valence electrons. The zero-order valence-corrected chi connectivity index (χ0v) is 19.5. The molecule has 0 aliphatic heterocycles. The second-order valence-corrected chi connectivity index (χ2v) is 8.44. The Hall–Kier alpha value is -3.16. The normalized spacial score (nSPS) is 14.2. The minimum Gasteiger partial charge on any atom is -0.480 e. The number of nitrogens with two attached hydrogens (primary N) is 2. The molecule has 0 spiro atoms. The van der Waals surface area contributed by atoms with Crippen molar-refractivity contribution in [3.8, 4) is 0 Å². The van der Waals surface area contributed by atoms with Gasteiger partial charge in [0.25, 0.3) is 0 Å². The number of carbonyl (C=O) groups is 5. The lowest BCUT2D eigenvalue weighted by molar-refractivity contribution is -0.142. The Kier molecular flexibility index (Phi) is 12.6. The molecular formula is C21H31N5O7S. The molecule has 34 heavy (non-hydrogen) atoms. The number of aliphatic hydroxyl groups excluding tert-OH is 1. The molecule has 0 aliphatic rings. The van der Waals surface area contributed by atoms with Crippen molar-refractivity contribution < 1.29 is 34.2 Å². The lowest BCUT2D eigenvalue weighted by atomic mass is 10.0. The molecule has 0 saturated carbocycles. The molecule has 12 nitrogen and oxygen atoms in total. The van der Waals surface area contributed by atoms with Crippen LogP contribution in [-0.4, -0.2) is 82.6 Å². The van der Waals surface area contributed by atoms with Gasteiger partial charge in [-0.15, -0.1) is 0 Å². The van der Waals surface area contributed by atoms with E-state index in [4.69, 9.17) is 16.6 Å². The number of hydrogen-bond donors (Lipinski definition) is 7. The summed E-state index contributed by atoms with van der Waals surface area (Å²) in [4.78, 5) is 60.8. The molecule has 0 aromatic heterocycles. The maximum Gasteiger partial charge on any atom is 0.326 e. The third kappa shape index (κ3) is 10.2. The Morgan fingerprint density at radius 3 is 2.03 bits per heavy atom. The Balaban J connectivity index is 3.10. The minimum atomic E-state index is -1.46. The number of rotatable bonds is 15. The van der Waals surface area contributed by atoms with Crippen molar-refractivity contribution in [2.24, 2.45) is 11.5 Å². The molecule has 1 aromatic rings. The minimum absolute atomic E-state index is 0.0146. The summed E-state index contributed by atoms with van der Waals surface area (Å²) in [6.45, 7) is -0.692. The van der Waals surface area contributed by atoms with Crippen LogP contribution in [0.25, 0.3) is 0 Å². The van der Waals surface area contributed by atoms with Gasteiger partial charge >= 0.3 is 5.97 Å². The van der Waals surface area contributed by atoms with Crippen molar-refractivity contribution in [2.45, 2.75) is 43.4 Å². The summed E-state index contributed by atoms with van der Waals surface area (Å²) < 4.78 is 0. The Bertz CT molecular complexity index is 855. The highest BCUT2D eigenvalue weighted by molar-refractivity contribution is 7.98. The Labute approximate surface area is 201 Å². The van der Waals surface area contributed by atoms with Gasteiger partial charge in [-0.25, -0.2) is 4.79 Å². The van der Waals surface area contributed by atoms with Gasteiger partial charge in [0.05, 0.1) is 13.0 Å². The molecule has 1 rings (SSSR count). The first-order valence-corrected chi connectivity index (χ1v) is 11.8. The summed E-state index contributed by atoms with van der Waals surface area (Å²) in [6, 6.07) is 3.50. The van der Waals surface area contributed by atoms with Crippen LogP contribution in [0.3, 0.4) is 0 Å². The van der Waals surface area contributed by atoms with Crippen LogP contribution in [-0.2, 0) is 30.4 Å². The van der Waals surface area contributed by atoms with E-state index in [9.17, 15) is 29.1 Å². The molecule has 0 fully saturated rings. The third-order valence-electron chi connectivity index (χ3n) is 4.71. The molecular weight excluding hydrogens is 466 g/mol. The summed E-state index contributed by atoms with van der Waals surface area (Å²) in [6.07, 6.45) is 1.41. The average Bonchev–Trinajstić information content (AvgIpc) is 2.80. The van der Waals surface area contributed by atoms with Crippen molar-refractivity contribution in [1.29, 1.82) is 0 Å². The predicted molar refractivity (Wildman–Crippen MR) is 125 cm³/mol. The van der Waals surface area contributed by atoms with Crippen molar-refractivity contribution >= 4 is 41.4 Å². The number of amides is 4. The second kappa shape index (κ2) is 14.9. The van der Waals surface area contributed by atoms with Crippen LogP contribution < -0.4 is 27.4 Å². The van der Waals surface area contributed by atoms with Gasteiger partial charge in [-0.1, -0.05) is 30.3 Å². The largest absolute Gasteiger partial charge is 0.480 e. The second-order valence-electron chi connectivity index (χ2n) is 7.45. The van der Waals surface area contributed by atoms with Crippen molar-refractivity contribution in [2.75, 3.05) is 18.6 Å². The maximum absolute atomic E-state index is 13.0. The summed E-state index contributed by atoms with van der Waals surface area (Å²) in [5.74, 6) is -4.17. The van der Waals surface area contributed by atoms with Crippen LogP contribution in [0.4, 0.5) is 0 Å². The molecule has 4 atom stereocenters. The van der Waals surface area contributed by atoms with Gasteiger partial charge in [0.15, 0.2) is 0 Å². The van der Waals surface area contributed by atoms with Gasteiger partial charge in [-0.2, -0.15) is 11.8 Å². The fraction of sp³-hybridized carbons (Fsp3) is 0.476. The number of carboxylic acids is 1. The van der Waals surface area contributed by atoms with E-state index in [1.165, 1.54) is 11.8 Å². The van der Waals surface area contributed by atoms with Crippen LogP contribution in [0, 0.1) is 0 Å². The molecule has 0 bridgehead atoms. The molecule has 4 amide bonds. The fourth-order valence-corrected chi connectivity index (χ4v) is 3.34. The summed E-state index contributed by atoms with van der Waals surface area (Å²) in [5.41, 5.74) is 11.3. The number of benzene rings is 1. The maximum atomic E-state index is 13.0. The molecule has 0 saturated heterocycles. The van der Waals surface area contributed by atoms with Gasteiger partial charge in [-0.3, -0.25) is 19.2 Å². The highest BCUT2D eigenvalue weighted by Gasteiger charge is 2.31. The summed E-state index contributed by atoms with van der Waals surface area (Å²) in [7, 11) is 0. The topological polar surface area (TPSA) is 214 Å². The lowest BCUT2D eigenvalue weighted by Crippen LogP contribution is -2.58. The van der Waals surface area contributed by atoms with E-state index in [0.29, 0.717) is 11.3 Å². The quantitative estimate of drug-likeness (QED) is 0.139. The number of carbonyl (C=O) groups excluding carboxylic acids is 4. The van der Waals surface area contributed by atoms with Gasteiger partial charge in [0.2, 0.25) is 23.6 Å². The first-order valence-electron chi connectivity index (χ1n) is 10.4. The smallest absolute Gasteiger partial charge is 0.326 e. The highest BCUT2D eigenvalue weighted by atomic mass is 32.2. The van der Waals surface area contributed by atoms with E-state index >= 15 is 0 Å². The predicted octanol–water partition coefficient (Wildman–Crippen LogP) is -2.28. The van der Waals surface area contributed by atoms with Gasteiger partial charge in [0, 0.05) is 6.42 Å². The van der Waals surface area contributed by atoms with Crippen LogP contribution >= 0.6 is 11.8 Å². The van der Waals surface area contributed by atoms with Gasteiger partial charge in [0.1, 0.15) is 24.2 Å². The van der Waals surface area contributed by atoms with Crippen LogP contribution in [0.1, 0.15) is 18.4 Å². The van der Waals surface area contributed by atoms with Crippen molar-refractivity contribution in [3.05, 3.63) is 35.9 Å². The highest BCUT2D eigenvalue weighted by Crippen LogP contribution is 2.07. The van der Waals surface area contributed by atoms with E-state index in [-0.39, 0.29) is 12.8 Å². The van der Waals surface area contributed by atoms with Crippen molar-refractivity contribution in [3.63, 3.8) is 0 Å². The van der Waals surface area contributed by atoms with E-state index in [1.54, 1.807) is 36.6 Å². The third-order valence-corrected chi connectivity index (χ3v) is 5.36. The van der Waals surface area contributed by atoms with E-state index in [1.807, 2.05) is 0 Å². The fourth-order valence-electron chi connectivity index (χ4n) is 2.87. The first-order chi connectivity index (χ1) is 16.1. The molecule has 0 heterocycles. The Morgan fingerprint density at radius 1 is 0.941 bits per heavy atom. The number of primary amides is 1. The molecule has 4 unspecified atom stereocenters. The number of aliphatic carboxylic acids is 1. The monoisotopic (exact) mass is 497 g/mol. The summed E-state index contributed by atoms with van der Waals surface area (Å²) >= 11 is 1.42. The van der Waals surface area contributed by atoms with Gasteiger partial charge < -0.3 is 37.6 Å². The van der Waals surface area contributed by atoms with Crippen LogP contribution in [0.15, 0.2) is 30.3 Å². The Morgan fingerprint density at radius 2 is 1.50 bits per heavy atom. The lowest BCUT2D eigenvalue weighted by Gasteiger charge is -2.24. The molecule has 0 radical (unpaired) electrons. The zero-order chi connectivity index (χ0) is 25.7. The molecule has 9 N–H and O–H groups in total. The zero-order valence-electron chi connectivity index (χ0n) is 18.7. The average molecular weight is 498 g/mol. The number of hydrogen-bond acceptors (Lipinski definition) is 8. The SMILES string of the molecule is CSCCC(NC(=O)C(Cc1ccccc1)NC(=O)C(CC(N)=O)NC(=O)C(N)CO)C(=O)O. The summed E-state index contributed by atoms with van der Waals surface area (Å²) in [5, 5.41) is 25.6. The number of thioether (sulfide) groups is 1. The first kappa shape index (κ1) is 28.9. The van der Waals surface area contributed by atoms with E-state index in [0.717, 1.165) is 0 Å². The van der Waals surface area contributed by atoms with E-state index < -0.39 is 66.8 Å². The van der Waals surface area contributed by atoms with Crippen LogP contribution in [0.5, 0.6) is 0 Å². The van der Waals surface area contributed by atoms with Crippen LogP contribution in [0.2, 0.25) is 0 Å². The van der Waals surface area contributed by atoms with Gasteiger partial charge in [-0.05, 0) is 24.0 Å². The number of aliphatic hydroxyl groups is 1. The molecule has 1 aromatic carbocycles. The number of carboxylic acid groups (broad SMARTS) is 1. The van der Waals surface area contributed by atoms with Crippen molar-refractivity contribution in [1.82, 2.24) is 16.0 Å². The standard InChI is InChI=1S/C21H31N5O7S/c1-34-8-7-14(21(32)33)24-19(30)15(9-12-5-3-2-4-6-12)26-20(31)16(10-17(23)28)25-18(29)13(22)11-27/h2-6,13-16,27H,7-11,22H2,1H3,(H2,23,28)(H,24,30)(H,25,29)(H,26,31)(H,32,33). The number of nitrogens with one attached hydrogen (secondary N) is 3. The molecule has 13 heteroatoms.